The van der Waals surface area contributed by atoms with E-state index in [0.717, 1.165) is 12.6 Å². The fourth-order valence-corrected chi connectivity index (χ4v) is 4.75. The second kappa shape index (κ2) is 10.9. The zero-order valence-electron chi connectivity index (χ0n) is 17.6. The minimum Gasteiger partial charge on any atom is -0.347 e. The maximum absolute atomic E-state index is 2.78. The van der Waals surface area contributed by atoms with Crippen molar-refractivity contribution in [2.45, 2.75) is 71.4 Å². The number of hydrogen-bond acceptors (Lipinski definition) is 2. The van der Waals surface area contributed by atoms with Crippen molar-refractivity contribution in [1.29, 1.82) is 0 Å². The highest BCUT2D eigenvalue weighted by Gasteiger charge is 2.24. The number of rotatable bonds is 6. The Bertz CT molecular complexity index is 648. The van der Waals surface area contributed by atoms with Gasteiger partial charge in [-0.05, 0) is 49.7 Å². The lowest BCUT2D eigenvalue weighted by Crippen LogP contribution is -2.50. The van der Waals surface area contributed by atoms with Crippen LogP contribution in [0.3, 0.4) is 0 Å². The first-order chi connectivity index (χ1) is 13.4. The Labute approximate surface area is 166 Å². The van der Waals surface area contributed by atoms with Gasteiger partial charge >= 0.3 is 0 Å². The summed E-state index contributed by atoms with van der Waals surface area (Å²) in [6.07, 6.45) is 12.1. The molecule has 1 aliphatic heterocycles. The molecule has 1 aromatic carbocycles. The summed E-state index contributed by atoms with van der Waals surface area (Å²) in [4.78, 5) is 5.47. The summed E-state index contributed by atoms with van der Waals surface area (Å²) in [6, 6.07) is 11.8. The van der Waals surface area contributed by atoms with Gasteiger partial charge in [0.05, 0.1) is 0 Å². The van der Waals surface area contributed by atoms with Crippen molar-refractivity contribution in [2.24, 2.45) is 0 Å². The predicted octanol–water partition coefficient (Wildman–Crippen LogP) is 5.40. The van der Waals surface area contributed by atoms with Crippen molar-refractivity contribution in [3.63, 3.8) is 0 Å². The minimum absolute atomic E-state index is 0.901. The number of benzene rings is 1. The first kappa shape index (κ1) is 20.4. The molecule has 0 atom stereocenters. The van der Waals surface area contributed by atoms with Gasteiger partial charge in [-0.2, -0.15) is 0 Å². The molecular formula is C24H39N3. The molecule has 3 heteroatoms. The number of hydrogen-bond donors (Lipinski definition) is 0. The fourth-order valence-electron chi connectivity index (χ4n) is 4.75. The van der Waals surface area contributed by atoms with Crippen LogP contribution in [-0.4, -0.2) is 53.1 Å². The van der Waals surface area contributed by atoms with E-state index in [4.69, 9.17) is 0 Å². The van der Waals surface area contributed by atoms with E-state index >= 15 is 0 Å². The van der Waals surface area contributed by atoms with Gasteiger partial charge in [-0.15, -0.1) is 0 Å². The molecule has 4 rings (SSSR count). The van der Waals surface area contributed by atoms with Crippen LogP contribution in [0.15, 0.2) is 36.5 Å². The average Bonchev–Trinajstić information content (AvgIpc) is 3.17. The van der Waals surface area contributed by atoms with Crippen molar-refractivity contribution in [3.05, 3.63) is 36.5 Å². The van der Waals surface area contributed by atoms with Gasteiger partial charge in [0.15, 0.2) is 0 Å². The van der Waals surface area contributed by atoms with Crippen LogP contribution >= 0.6 is 0 Å². The summed E-state index contributed by atoms with van der Waals surface area (Å²) in [5.41, 5.74) is 1.38. The van der Waals surface area contributed by atoms with Crippen molar-refractivity contribution < 1.29 is 0 Å². The smallest absolute Gasteiger partial charge is 0.0480 e. The van der Waals surface area contributed by atoms with Gasteiger partial charge in [0.2, 0.25) is 0 Å². The predicted molar refractivity (Wildman–Crippen MR) is 117 cm³/mol. The third-order valence-corrected chi connectivity index (χ3v) is 6.30. The Morgan fingerprint density at radius 1 is 0.815 bits per heavy atom. The summed E-state index contributed by atoms with van der Waals surface area (Å²) in [5.74, 6) is 0. The number of aromatic nitrogens is 1. The SMILES string of the molecule is CC.c1ccc2c(c1)ccn2CCCCN1CCN(C2CCCCC2)CC1. The zero-order chi connectivity index (χ0) is 18.9. The minimum atomic E-state index is 0.901. The van der Waals surface area contributed by atoms with Crippen molar-refractivity contribution in [2.75, 3.05) is 32.7 Å². The molecule has 0 spiro atoms. The second-order valence-electron chi connectivity index (χ2n) is 7.94. The molecule has 1 aliphatic carbocycles. The molecule has 1 aromatic heterocycles. The number of piperazine rings is 1. The Morgan fingerprint density at radius 2 is 1.52 bits per heavy atom. The summed E-state index contributed by atoms with van der Waals surface area (Å²) in [7, 11) is 0. The average molecular weight is 370 g/mol. The number of nitrogens with zero attached hydrogens (tertiary/aromatic N) is 3. The van der Waals surface area contributed by atoms with Crippen molar-refractivity contribution in [1.82, 2.24) is 14.4 Å². The molecule has 0 N–H and O–H groups in total. The van der Waals surface area contributed by atoms with Crippen LogP contribution in [0.1, 0.15) is 58.8 Å². The van der Waals surface area contributed by atoms with Crippen LogP contribution < -0.4 is 0 Å². The van der Waals surface area contributed by atoms with Gasteiger partial charge in [0.1, 0.15) is 0 Å². The Hall–Kier alpha value is -1.32. The molecule has 3 nitrogen and oxygen atoms in total. The molecule has 2 aliphatic rings. The van der Waals surface area contributed by atoms with Crippen molar-refractivity contribution in [3.8, 4) is 0 Å². The quantitative estimate of drug-likeness (QED) is 0.632. The van der Waals surface area contributed by atoms with E-state index in [9.17, 15) is 0 Å². The molecule has 2 fully saturated rings. The van der Waals surface area contributed by atoms with Crippen LogP contribution in [-0.2, 0) is 6.54 Å². The van der Waals surface area contributed by atoms with E-state index in [1.165, 1.54) is 88.6 Å². The van der Waals surface area contributed by atoms with Crippen LogP contribution in [0.25, 0.3) is 10.9 Å². The number of unbranched alkanes of at least 4 members (excludes halogenated alkanes) is 1. The highest BCUT2D eigenvalue weighted by atomic mass is 15.3. The third kappa shape index (κ3) is 5.58. The van der Waals surface area contributed by atoms with Gasteiger partial charge in [-0.25, -0.2) is 0 Å². The summed E-state index contributed by atoms with van der Waals surface area (Å²) in [6.45, 7) is 11.6. The lowest BCUT2D eigenvalue weighted by molar-refractivity contribution is 0.0781. The van der Waals surface area contributed by atoms with Crippen LogP contribution in [0.4, 0.5) is 0 Å². The van der Waals surface area contributed by atoms with Gasteiger partial charge in [0, 0.05) is 50.5 Å². The highest BCUT2D eigenvalue weighted by Crippen LogP contribution is 2.23. The van der Waals surface area contributed by atoms with Gasteiger partial charge in [-0.3, -0.25) is 4.90 Å². The molecule has 0 radical (unpaired) electrons. The van der Waals surface area contributed by atoms with Crippen LogP contribution in [0.5, 0.6) is 0 Å². The zero-order valence-corrected chi connectivity index (χ0v) is 17.6. The molecule has 1 saturated heterocycles. The largest absolute Gasteiger partial charge is 0.347 e. The van der Waals surface area contributed by atoms with E-state index in [1.807, 2.05) is 13.8 Å². The van der Waals surface area contributed by atoms with Crippen LogP contribution in [0.2, 0.25) is 0 Å². The molecule has 0 amide bonds. The second-order valence-corrected chi connectivity index (χ2v) is 7.94. The van der Waals surface area contributed by atoms with E-state index in [-0.39, 0.29) is 0 Å². The van der Waals surface area contributed by atoms with Gasteiger partial charge < -0.3 is 9.47 Å². The molecule has 2 heterocycles. The summed E-state index contributed by atoms with van der Waals surface area (Å²) >= 11 is 0. The molecule has 1 saturated carbocycles. The molecule has 27 heavy (non-hydrogen) atoms. The molecule has 0 unspecified atom stereocenters. The molecule has 0 bridgehead atoms. The van der Waals surface area contributed by atoms with E-state index in [0.29, 0.717) is 0 Å². The Balaban J connectivity index is 0.00000102. The van der Waals surface area contributed by atoms with E-state index in [1.54, 1.807) is 0 Å². The maximum Gasteiger partial charge on any atom is 0.0480 e. The van der Waals surface area contributed by atoms with Gasteiger partial charge in [-0.1, -0.05) is 51.3 Å². The van der Waals surface area contributed by atoms with Crippen LogP contribution in [0, 0.1) is 0 Å². The first-order valence-corrected chi connectivity index (χ1v) is 11.4. The topological polar surface area (TPSA) is 11.4 Å². The van der Waals surface area contributed by atoms with Gasteiger partial charge in [0.25, 0.3) is 0 Å². The molecule has 150 valence electrons. The first-order valence-electron chi connectivity index (χ1n) is 11.4. The third-order valence-electron chi connectivity index (χ3n) is 6.30. The van der Waals surface area contributed by atoms with Crippen molar-refractivity contribution >= 4 is 10.9 Å². The van der Waals surface area contributed by atoms with E-state index < -0.39 is 0 Å². The lowest BCUT2D eigenvalue weighted by Gasteiger charge is -2.40. The summed E-state index contributed by atoms with van der Waals surface area (Å²) < 4.78 is 2.41. The highest BCUT2D eigenvalue weighted by molar-refractivity contribution is 5.79. The lowest BCUT2D eigenvalue weighted by atomic mass is 9.94. The maximum atomic E-state index is 2.78. The fraction of sp³-hybridized carbons (Fsp3) is 0.667. The molecule has 2 aromatic rings. The number of para-hydroxylation sites is 1. The Morgan fingerprint density at radius 3 is 2.30 bits per heavy atom. The monoisotopic (exact) mass is 369 g/mol. The number of aryl methyl sites for hydroxylation is 1. The normalized spacial score (nSPS) is 19.8. The molecular weight excluding hydrogens is 330 g/mol. The summed E-state index contributed by atoms with van der Waals surface area (Å²) in [5, 5.41) is 1.36. The standard InChI is InChI=1S/C22H33N3.C2H6/c1-2-9-21(10-3-1)24-18-16-23(17-19-24)13-6-7-14-25-15-12-20-8-4-5-11-22(20)25;1-2/h4-5,8,11-12,15,21H,1-3,6-7,9-10,13-14,16-19H2;1-2H3. The van der Waals surface area contributed by atoms with E-state index in [2.05, 4.69) is 50.9 Å². The number of fused-ring (bicyclic) bond motifs is 1. The Kier molecular flexibility index (Phi) is 8.22.